The van der Waals surface area contributed by atoms with Gasteiger partial charge in [-0.15, -0.1) is 0 Å². The van der Waals surface area contributed by atoms with E-state index in [-0.39, 0.29) is 0 Å². The topological polar surface area (TPSA) is 54.7 Å². The number of aromatic nitrogens is 2. The molecular formula is C13H17N3. The molecule has 0 fully saturated rings. The summed E-state index contributed by atoms with van der Waals surface area (Å²) in [5.41, 5.74) is 10.3. The molecule has 0 saturated heterocycles. The van der Waals surface area contributed by atoms with Gasteiger partial charge in [-0.1, -0.05) is 19.1 Å². The van der Waals surface area contributed by atoms with E-state index in [4.69, 9.17) is 5.73 Å². The van der Waals surface area contributed by atoms with E-state index >= 15 is 0 Å². The van der Waals surface area contributed by atoms with Gasteiger partial charge in [0.1, 0.15) is 5.82 Å². The number of aromatic amines is 1. The van der Waals surface area contributed by atoms with Crippen molar-refractivity contribution in [3.05, 3.63) is 41.3 Å². The molecule has 2 aromatic rings. The average molecular weight is 215 g/mol. The van der Waals surface area contributed by atoms with Crippen LogP contribution in [0.25, 0.3) is 11.3 Å². The Labute approximate surface area is 95.7 Å². The first-order chi connectivity index (χ1) is 7.74. The van der Waals surface area contributed by atoms with Crippen molar-refractivity contribution in [1.29, 1.82) is 0 Å². The third kappa shape index (κ3) is 1.99. The molecule has 0 aliphatic carbocycles. The van der Waals surface area contributed by atoms with Crippen LogP contribution < -0.4 is 5.73 Å². The van der Waals surface area contributed by atoms with E-state index in [9.17, 15) is 0 Å². The molecule has 2 rings (SSSR count). The second-order valence-electron chi connectivity index (χ2n) is 3.94. The van der Waals surface area contributed by atoms with Crippen LogP contribution in [0.5, 0.6) is 0 Å². The number of rotatable bonds is 3. The van der Waals surface area contributed by atoms with Crippen LogP contribution in [0, 0.1) is 6.92 Å². The zero-order valence-electron chi connectivity index (χ0n) is 9.75. The normalized spacial score (nSPS) is 10.7. The van der Waals surface area contributed by atoms with E-state index in [1.54, 1.807) is 0 Å². The van der Waals surface area contributed by atoms with E-state index in [1.807, 2.05) is 6.20 Å². The molecule has 0 atom stereocenters. The molecular weight excluding hydrogens is 198 g/mol. The van der Waals surface area contributed by atoms with Crippen molar-refractivity contribution in [2.24, 2.45) is 5.73 Å². The summed E-state index contributed by atoms with van der Waals surface area (Å²) in [4.78, 5) is 7.60. The van der Waals surface area contributed by atoms with Gasteiger partial charge in [0.25, 0.3) is 0 Å². The number of imidazole rings is 1. The zero-order chi connectivity index (χ0) is 11.5. The lowest BCUT2D eigenvalue weighted by molar-refractivity contribution is 0.990. The van der Waals surface area contributed by atoms with Crippen molar-refractivity contribution in [3.8, 4) is 11.3 Å². The Kier molecular flexibility index (Phi) is 3.06. The Morgan fingerprint density at radius 2 is 2.19 bits per heavy atom. The Morgan fingerprint density at radius 1 is 1.38 bits per heavy atom. The Balaban J connectivity index is 2.40. The smallest absolute Gasteiger partial charge is 0.106 e. The minimum Gasteiger partial charge on any atom is -0.342 e. The highest BCUT2D eigenvalue weighted by atomic mass is 14.9. The zero-order valence-corrected chi connectivity index (χ0v) is 9.75. The van der Waals surface area contributed by atoms with E-state index in [1.165, 1.54) is 11.1 Å². The van der Waals surface area contributed by atoms with Gasteiger partial charge in [0.15, 0.2) is 0 Å². The quantitative estimate of drug-likeness (QED) is 0.826. The molecule has 0 unspecified atom stereocenters. The summed E-state index contributed by atoms with van der Waals surface area (Å²) in [6.07, 6.45) is 2.80. The highest BCUT2D eigenvalue weighted by molar-refractivity contribution is 5.60. The number of hydrogen-bond donors (Lipinski definition) is 2. The molecule has 1 heterocycles. The molecule has 0 radical (unpaired) electrons. The van der Waals surface area contributed by atoms with Crippen LogP contribution in [-0.2, 0) is 13.0 Å². The van der Waals surface area contributed by atoms with Gasteiger partial charge < -0.3 is 10.7 Å². The predicted octanol–water partition coefficient (Wildman–Crippen LogP) is 2.41. The van der Waals surface area contributed by atoms with E-state index < -0.39 is 0 Å². The Hall–Kier alpha value is -1.61. The number of nitrogens with two attached hydrogens (primary N) is 1. The number of nitrogens with one attached hydrogen (secondary N) is 1. The molecule has 0 saturated carbocycles. The third-order valence-corrected chi connectivity index (χ3v) is 2.84. The summed E-state index contributed by atoms with van der Waals surface area (Å²) >= 11 is 0. The maximum absolute atomic E-state index is 5.70. The van der Waals surface area contributed by atoms with Crippen LogP contribution in [0.4, 0.5) is 0 Å². The van der Waals surface area contributed by atoms with Gasteiger partial charge in [0.05, 0.1) is 11.9 Å². The molecule has 3 heteroatoms. The maximum atomic E-state index is 5.70. The van der Waals surface area contributed by atoms with Crippen LogP contribution in [0.1, 0.15) is 23.9 Å². The molecule has 1 aromatic heterocycles. The molecule has 0 amide bonds. The molecule has 0 bridgehead atoms. The maximum Gasteiger partial charge on any atom is 0.106 e. The molecule has 0 spiro atoms. The SMILES string of the molecule is CCc1ncc(-c2ccc(C)c(CN)c2)[nH]1. The number of aryl methyl sites for hydroxylation is 2. The average Bonchev–Trinajstić information content (AvgIpc) is 2.78. The summed E-state index contributed by atoms with van der Waals surface area (Å²) in [5.74, 6) is 1.02. The largest absolute Gasteiger partial charge is 0.342 e. The van der Waals surface area contributed by atoms with Gasteiger partial charge in [-0.25, -0.2) is 4.98 Å². The van der Waals surface area contributed by atoms with Crippen LogP contribution in [-0.4, -0.2) is 9.97 Å². The fourth-order valence-electron chi connectivity index (χ4n) is 1.75. The van der Waals surface area contributed by atoms with Crippen LogP contribution in [0.3, 0.4) is 0 Å². The second-order valence-corrected chi connectivity index (χ2v) is 3.94. The highest BCUT2D eigenvalue weighted by Crippen LogP contribution is 2.20. The van der Waals surface area contributed by atoms with E-state index in [2.05, 4.69) is 42.0 Å². The summed E-state index contributed by atoms with van der Waals surface area (Å²) in [7, 11) is 0. The second kappa shape index (κ2) is 4.49. The van der Waals surface area contributed by atoms with Gasteiger partial charge in [0.2, 0.25) is 0 Å². The van der Waals surface area contributed by atoms with Crippen molar-refractivity contribution in [2.75, 3.05) is 0 Å². The number of nitrogens with zero attached hydrogens (tertiary/aromatic N) is 1. The highest BCUT2D eigenvalue weighted by Gasteiger charge is 2.04. The minimum absolute atomic E-state index is 0.578. The third-order valence-electron chi connectivity index (χ3n) is 2.84. The van der Waals surface area contributed by atoms with Crippen LogP contribution in [0.15, 0.2) is 24.4 Å². The molecule has 1 aromatic carbocycles. The monoisotopic (exact) mass is 215 g/mol. The van der Waals surface area contributed by atoms with Gasteiger partial charge in [-0.05, 0) is 29.7 Å². The minimum atomic E-state index is 0.578. The first kappa shape index (κ1) is 10.9. The Morgan fingerprint density at radius 3 is 2.81 bits per heavy atom. The fraction of sp³-hybridized carbons (Fsp3) is 0.308. The van der Waals surface area contributed by atoms with Crippen molar-refractivity contribution in [2.45, 2.75) is 26.8 Å². The number of H-pyrrole nitrogens is 1. The lowest BCUT2D eigenvalue weighted by atomic mass is 10.0. The fourth-order valence-corrected chi connectivity index (χ4v) is 1.75. The molecule has 0 aliphatic heterocycles. The van der Waals surface area contributed by atoms with E-state index in [0.717, 1.165) is 23.5 Å². The van der Waals surface area contributed by atoms with E-state index in [0.29, 0.717) is 6.54 Å². The summed E-state index contributed by atoms with van der Waals surface area (Å²) in [6, 6.07) is 6.33. The predicted molar refractivity (Wildman–Crippen MR) is 66.0 cm³/mol. The first-order valence-electron chi connectivity index (χ1n) is 5.58. The first-order valence-corrected chi connectivity index (χ1v) is 5.58. The summed E-state index contributed by atoms with van der Waals surface area (Å²) in [6.45, 7) is 4.74. The Bertz CT molecular complexity index is 486. The lowest BCUT2D eigenvalue weighted by Crippen LogP contribution is -1.99. The van der Waals surface area contributed by atoms with Gasteiger partial charge in [-0.3, -0.25) is 0 Å². The molecule has 3 nitrogen and oxygen atoms in total. The summed E-state index contributed by atoms with van der Waals surface area (Å²) < 4.78 is 0. The van der Waals surface area contributed by atoms with Crippen molar-refractivity contribution in [1.82, 2.24) is 9.97 Å². The van der Waals surface area contributed by atoms with Gasteiger partial charge in [-0.2, -0.15) is 0 Å². The molecule has 84 valence electrons. The van der Waals surface area contributed by atoms with Crippen molar-refractivity contribution in [3.63, 3.8) is 0 Å². The van der Waals surface area contributed by atoms with Gasteiger partial charge in [0, 0.05) is 13.0 Å². The van der Waals surface area contributed by atoms with Crippen LogP contribution >= 0.6 is 0 Å². The lowest BCUT2D eigenvalue weighted by Gasteiger charge is -2.05. The van der Waals surface area contributed by atoms with Crippen molar-refractivity contribution < 1.29 is 0 Å². The van der Waals surface area contributed by atoms with Gasteiger partial charge >= 0.3 is 0 Å². The molecule has 3 N–H and O–H groups in total. The number of hydrogen-bond acceptors (Lipinski definition) is 2. The molecule has 0 aliphatic rings. The standard InChI is InChI=1S/C13H17N3/c1-3-13-15-8-12(16-13)10-5-4-9(2)11(6-10)7-14/h4-6,8H,3,7,14H2,1-2H3,(H,15,16). The summed E-state index contributed by atoms with van der Waals surface area (Å²) in [5, 5.41) is 0. The van der Waals surface area contributed by atoms with Crippen LogP contribution in [0.2, 0.25) is 0 Å². The number of benzene rings is 1. The van der Waals surface area contributed by atoms with Crippen molar-refractivity contribution >= 4 is 0 Å². The molecule has 16 heavy (non-hydrogen) atoms.